The zero-order valence-corrected chi connectivity index (χ0v) is 11.3. The van der Waals surface area contributed by atoms with E-state index in [4.69, 9.17) is 4.52 Å². The summed E-state index contributed by atoms with van der Waals surface area (Å²) in [5.41, 5.74) is -0.770. The molecule has 0 atom stereocenters. The molecule has 2 aromatic heterocycles. The maximum atomic E-state index is 12.2. The average Bonchev–Trinajstić information content (AvgIpc) is 2.97. The second-order valence-electron chi connectivity index (χ2n) is 4.83. The first-order valence-electron chi connectivity index (χ1n) is 6.09. The van der Waals surface area contributed by atoms with Crippen LogP contribution in [0.3, 0.4) is 0 Å². The van der Waals surface area contributed by atoms with Crippen molar-refractivity contribution in [3.05, 3.63) is 23.6 Å². The van der Waals surface area contributed by atoms with E-state index in [1.165, 1.54) is 0 Å². The highest BCUT2D eigenvalue weighted by Crippen LogP contribution is 2.19. The molecule has 0 radical (unpaired) electrons. The number of aromatic nitrogens is 5. The number of hydrogen-bond acceptors (Lipinski definition) is 6. The van der Waals surface area contributed by atoms with Crippen LogP contribution >= 0.6 is 0 Å². The molecule has 0 spiro atoms. The Hall–Kier alpha value is -2.26. The Balaban J connectivity index is 2.06. The van der Waals surface area contributed by atoms with Crippen LogP contribution in [0, 0.1) is 5.92 Å². The Labute approximate surface area is 117 Å². The number of halogens is 3. The molecule has 0 N–H and O–H groups in total. The summed E-state index contributed by atoms with van der Waals surface area (Å²) < 4.78 is 42.7. The monoisotopic (exact) mass is 303 g/mol. The van der Waals surface area contributed by atoms with Crippen molar-refractivity contribution >= 4 is 5.78 Å². The van der Waals surface area contributed by atoms with Crippen molar-refractivity contribution in [3.8, 4) is 0 Å². The Morgan fingerprint density at radius 3 is 2.76 bits per heavy atom. The summed E-state index contributed by atoms with van der Waals surface area (Å²) in [7, 11) is 0. The molecule has 2 rings (SSSR count). The molecule has 0 bridgehead atoms. The molecule has 114 valence electrons. The van der Waals surface area contributed by atoms with Crippen LogP contribution in [-0.2, 0) is 13.0 Å². The van der Waals surface area contributed by atoms with Gasteiger partial charge < -0.3 is 4.52 Å². The summed E-state index contributed by atoms with van der Waals surface area (Å²) >= 11 is 0. The normalized spacial score (nSPS) is 12.1. The van der Waals surface area contributed by atoms with Gasteiger partial charge in [-0.25, -0.2) is 4.68 Å². The summed E-state index contributed by atoms with van der Waals surface area (Å²) in [5, 5.41) is 10.3. The van der Waals surface area contributed by atoms with Crippen LogP contribution in [0.1, 0.15) is 36.1 Å². The Bertz CT molecular complexity index is 632. The van der Waals surface area contributed by atoms with Crippen LogP contribution in [0.15, 0.2) is 10.7 Å². The number of alkyl halides is 3. The van der Waals surface area contributed by atoms with Crippen LogP contribution in [0.2, 0.25) is 0 Å². The van der Waals surface area contributed by atoms with E-state index in [1.54, 1.807) is 0 Å². The van der Waals surface area contributed by atoms with Crippen molar-refractivity contribution in [1.82, 2.24) is 25.1 Å². The minimum Gasteiger partial charge on any atom is -0.339 e. The third-order valence-corrected chi connectivity index (χ3v) is 2.43. The second-order valence-corrected chi connectivity index (χ2v) is 4.83. The zero-order valence-electron chi connectivity index (χ0n) is 11.3. The lowest BCUT2D eigenvalue weighted by molar-refractivity contribution is -0.0888. The fraction of sp³-hybridized carbons (Fsp3) is 0.545. The van der Waals surface area contributed by atoms with Crippen LogP contribution in [0.25, 0.3) is 0 Å². The number of ketones is 1. The molecule has 21 heavy (non-hydrogen) atoms. The van der Waals surface area contributed by atoms with E-state index in [1.807, 2.05) is 13.8 Å². The lowest BCUT2D eigenvalue weighted by atomic mass is 10.1. The Kier molecular flexibility index (Phi) is 4.05. The lowest BCUT2D eigenvalue weighted by Crippen LogP contribution is -2.23. The Morgan fingerprint density at radius 1 is 1.43 bits per heavy atom. The molecular formula is C11H12F3N5O2. The van der Waals surface area contributed by atoms with E-state index in [-0.39, 0.29) is 12.4 Å². The SMILES string of the molecule is CC(C)Cc1nc(Cn2cc(C(=O)C(F)(F)F)nn2)no1. The van der Waals surface area contributed by atoms with Crippen LogP contribution in [0.4, 0.5) is 13.2 Å². The highest BCUT2D eigenvalue weighted by molar-refractivity contribution is 5.98. The standard InChI is InChI=1S/C11H12F3N5O2/c1-6(2)3-9-15-8(17-21-9)5-19-4-7(16-18-19)10(20)11(12,13)14/h4,6H,3,5H2,1-2H3. The summed E-state index contributed by atoms with van der Waals surface area (Å²) in [5.74, 6) is -1.02. The van der Waals surface area contributed by atoms with Gasteiger partial charge in [0, 0.05) is 6.42 Å². The maximum Gasteiger partial charge on any atom is 0.456 e. The molecule has 2 heterocycles. The van der Waals surface area contributed by atoms with Gasteiger partial charge in [-0.3, -0.25) is 4.79 Å². The van der Waals surface area contributed by atoms with Crippen molar-refractivity contribution in [2.24, 2.45) is 5.92 Å². The molecule has 2 aromatic rings. The van der Waals surface area contributed by atoms with E-state index in [0.29, 0.717) is 18.2 Å². The number of nitrogens with zero attached hydrogens (tertiary/aromatic N) is 5. The molecule has 10 heteroatoms. The number of rotatable bonds is 5. The molecule has 0 amide bonds. The van der Waals surface area contributed by atoms with Gasteiger partial charge in [0.2, 0.25) is 5.89 Å². The van der Waals surface area contributed by atoms with Gasteiger partial charge in [-0.05, 0) is 5.92 Å². The molecule has 0 unspecified atom stereocenters. The van der Waals surface area contributed by atoms with E-state index < -0.39 is 17.7 Å². The molecule has 0 saturated heterocycles. The fourth-order valence-electron chi connectivity index (χ4n) is 1.56. The predicted octanol–water partition coefficient (Wildman–Crippen LogP) is 1.65. The zero-order chi connectivity index (χ0) is 15.6. The van der Waals surface area contributed by atoms with E-state index in [0.717, 1.165) is 10.9 Å². The smallest absolute Gasteiger partial charge is 0.339 e. The second kappa shape index (κ2) is 5.62. The van der Waals surface area contributed by atoms with Gasteiger partial charge in [0.15, 0.2) is 11.5 Å². The van der Waals surface area contributed by atoms with Gasteiger partial charge in [0.25, 0.3) is 5.78 Å². The summed E-state index contributed by atoms with van der Waals surface area (Å²) in [4.78, 5) is 15.0. The molecule has 7 nitrogen and oxygen atoms in total. The van der Waals surface area contributed by atoms with E-state index in [9.17, 15) is 18.0 Å². The topological polar surface area (TPSA) is 86.7 Å². The summed E-state index contributed by atoms with van der Waals surface area (Å²) in [6.07, 6.45) is -3.48. The molecule has 0 aliphatic carbocycles. The van der Waals surface area contributed by atoms with Crippen LogP contribution in [0.5, 0.6) is 0 Å². The minimum absolute atomic E-state index is 0.0280. The molecular weight excluding hydrogens is 291 g/mol. The van der Waals surface area contributed by atoms with Gasteiger partial charge in [0.1, 0.15) is 6.54 Å². The third-order valence-electron chi connectivity index (χ3n) is 2.43. The average molecular weight is 303 g/mol. The van der Waals surface area contributed by atoms with Crippen molar-refractivity contribution in [2.45, 2.75) is 33.0 Å². The van der Waals surface area contributed by atoms with Gasteiger partial charge in [-0.2, -0.15) is 18.2 Å². The largest absolute Gasteiger partial charge is 0.456 e. The first-order chi connectivity index (χ1) is 9.75. The molecule has 0 aliphatic heterocycles. The van der Waals surface area contributed by atoms with Gasteiger partial charge >= 0.3 is 6.18 Å². The van der Waals surface area contributed by atoms with Crippen molar-refractivity contribution in [3.63, 3.8) is 0 Å². The van der Waals surface area contributed by atoms with Crippen LogP contribution in [-0.4, -0.2) is 37.1 Å². The summed E-state index contributed by atoms with van der Waals surface area (Å²) in [6, 6.07) is 0. The van der Waals surface area contributed by atoms with Gasteiger partial charge in [-0.15, -0.1) is 5.10 Å². The number of Topliss-reactive ketones (excluding diaryl/α,β-unsaturated/α-hetero) is 1. The first kappa shape index (κ1) is 15.1. The maximum absolute atomic E-state index is 12.2. The molecule has 0 saturated carbocycles. The summed E-state index contributed by atoms with van der Waals surface area (Å²) in [6.45, 7) is 3.94. The van der Waals surface area contributed by atoms with Crippen LogP contribution < -0.4 is 0 Å². The van der Waals surface area contributed by atoms with E-state index >= 15 is 0 Å². The highest BCUT2D eigenvalue weighted by Gasteiger charge is 2.41. The lowest BCUT2D eigenvalue weighted by Gasteiger charge is -1.99. The fourth-order valence-corrected chi connectivity index (χ4v) is 1.56. The molecule has 0 fully saturated rings. The van der Waals surface area contributed by atoms with Crippen molar-refractivity contribution in [1.29, 1.82) is 0 Å². The van der Waals surface area contributed by atoms with Gasteiger partial charge in [-0.1, -0.05) is 24.2 Å². The quantitative estimate of drug-likeness (QED) is 0.781. The first-order valence-corrected chi connectivity index (χ1v) is 6.09. The molecule has 0 aliphatic rings. The minimum atomic E-state index is -4.97. The number of carbonyl (C=O) groups excluding carboxylic acids is 1. The number of hydrogen-bond donors (Lipinski definition) is 0. The Morgan fingerprint density at radius 2 is 2.14 bits per heavy atom. The van der Waals surface area contributed by atoms with Crippen molar-refractivity contribution < 1.29 is 22.5 Å². The predicted molar refractivity (Wildman–Crippen MR) is 62.3 cm³/mol. The van der Waals surface area contributed by atoms with Gasteiger partial charge in [0.05, 0.1) is 6.20 Å². The number of carbonyl (C=O) groups is 1. The molecule has 0 aromatic carbocycles. The van der Waals surface area contributed by atoms with Crippen molar-refractivity contribution in [2.75, 3.05) is 0 Å². The van der Waals surface area contributed by atoms with E-state index in [2.05, 4.69) is 20.5 Å². The highest BCUT2D eigenvalue weighted by atomic mass is 19.4. The third kappa shape index (κ3) is 3.86.